The number of rotatable bonds is 4. The number of nitrogens with zero attached hydrogens (tertiary/aromatic N) is 2. The highest BCUT2D eigenvalue weighted by atomic mass is 79.9. The van der Waals surface area contributed by atoms with Crippen molar-refractivity contribution < 1.29 is 14.7 Å². The number of amides is 1. The Balaban J connectivity index is 1.73. The molecule has 0 saturated carbocycles. The van der Waals surface area contributed by atoms with Crippen molar-refractivity contribution in [3.63, 3.8) is 0 Å². The number of nitrogens with one attached hydrogen (secondary N) is 2. The van der Waals surface area contributed by atoms with Crippen LogP contribution in [0, 0.1) is 0 Å². The minimum atomic E-state index is -1.13. The van der Waals surface area contributed by atoms with Crippen molar-refractivity contribution in [1.29, 1.82) is 0 Å². The molecule has 1 aliphatic rings. The van der Waals surface area contributed by atoms with Gasteiger partial charge in [0.2, 0.25) is 0 Å². The van der Waals surface area contributed by atoms with E-state index in [2.05, 4.69) is 31.7 Å². The molecule has 29 heavy (non-hydrogen) atoms. The van der Waals surface area contributed by atoms with Gasteiger partial charge in [-0.15, -0.1) is 0 Å². The fourth-order valence-electron chi connectivity index (χ4n) is 3.04. The third kappa shape index (κ3) is 3.76. The number of hydrogen-bond donors (Lipinski definition) is 3. The number of carbonyl (C=O) groups excluding carboxylic acids is 1. The van der Waals surface area contributed by atoms with Gasteiger partial charge in [0, 0.05) is 4.47 Å². The molecule has 2 aromatic carbocycles. The molecule has 9 heteroatoms. The number of carbonyl (C=O) groups is 2. The first-order chi connectivity index (χ1) is 13.9. The van der Waals surface area contributed by atoms with E-state index < -0.39 is 17.9 Å². The molecule has 4 rings (SSSR count). The predicted molar refractivity (Wildman–Crippen MR) is 113 cm³/mol. The van der Waals surface area contributed by atoms with Crippen LogP contribution in [-0.2, 0) is 4.79 Å². The molecule has 1 atom stereocenters. The van der Waals surface area contributed by atoms with Crippen molar-refractivity contribution in [3.8, 4) is 0 Å². The van der Waals surface area contributed by atoms with Crippen molar-refractivity contribution >= 4 is 50.9 Å². The number of carboxylic acid groups (broad SMARTS) is 1. The van der Waals surface area contributed by atoms with Crippen LogP contribution in [0.2, 0.25) is 5.02 Å². The van der Waals surface area contributed by atoms with Crippen LogP contribution in [0.1, 0.15) is 22.0 Å². The number of carboxylic acids is 1. The first kappa shape index (κ1) is 19.2. The summed E-state index contributed by atoms with van der Waals surface area (Å²) in [4.78, 5) is 24.5. The molecule has 0 radical (unpaired) electrons. The van der Waals surface area contributed by atoms with E-state index in [-0.39, 0.29) is 11.3 Å². The van der Waals surface area contributed by atoms with E-state index >= 15 is 0 Å². The summed E-state index contributed by atoms with van der Waals surface area (Å²) in [6.07, 6.45) is 2.96. The molecule has 0 aliphatic carbocycles. The zero-order valence-corrected chi connectivity index (χ0v) is 17.1. The molecule has 1 aromatic heterocycles. The largest absolute Gasteiger partial charge is 0.477 e. The topological polar surface area (TPSA) is 96.2 Å². The third-order valence-electron chi connectivity index (χ3n) is 4.45. The van der Waals surface area contributed by atoms with Crippen LogP contribution >= 0.6 is 27.5 Å². The number of aliphatic carboxylic acids is 1. The van der Waals surface area contributed by atoms with Crippen LogP contribution in [0.5, 0.6) is 0 Å². The summed E-state index contributed by atoms with van der Waals surface area (Å²) < 4.78 is 2.48. The van der Waals surface area contributed by atoms with Crippen LogP contribution in [0.25, 0.3) is 0 Å². The maximum Gasteiger partial charge on any atom is 0.352 e. The Morgan fingerprint density at radius 3 is 2.59 bits per heavy atom. The fourth-order valence-corrected chi connectivity index (χ4v) is 3.48. The second kappa shape index (κ2) is 7.73. The molecule has 146 valence electrons. The molecule has 3 N–H and O–H groups in total. The standard InChI is InChI=1S/C20H14BrClN4O3/c21-12-7-5-11(6-8-12)17-9-16(20(28)29)24-18-13(10-23-26(17)18)19(27)25-15-4-2-1-3-14(15)22/h1-10,17,24H,(H,25,27)(H,28,29)/t17-/m0/s1. The minimum Gasteiger partial charge on any atom is -0.477 e. The lowest BCUT2D eigenvalue weighted by Gasteiger charge is -2.24. The van der Waals surface area contributed by atoms with Gasteiger partial charge in [-0.05, 0) is 35.9 Å². The Hall–Kier alpha value is -3.10. The Bertz CT molecular complexity index is 1140. The van der Waals surface area contributed by atoms with Crippen molar-refractivity contribution in [2.45, 2.75) is 6.04 Å². The highest BCUT2D eigenvalue weighted by Crippen LogP contribution is 2.33. The number of anilines is 2. The van der Waals surface area contributed by atoms with Crippen LogP contribution in [0.3, 0.4) is 0 Å². The van der Waals surface area contributed by atoms with Gasteiger partial charge in [0.25, 0.3) is 5.91 Å². The highest BCUT2D eigenvalue weighted by Gasteiger charge is 2.29. The lowest BCUT2D eigenvalue weighted by molar-refractivity contribution is -0.132. The monoisotopic (exact) mass is 472 g/mol. The zero-order valence-electron chi connectivity index (χ0n) is 14.8. The smallest absolute Gasteiger partial charge is 0.352 e. The number of benzene rings is 2. The number of para-hydroxylation sites is 1. The molecule has 0 spiro atoms. The second-order valence-corrected chi connectivity index (χ2v) is 7.62. The first-order valence-corrected chi connectivity index (χ1v) is 9.72. The molecular weight excluding hydrogens is 460 g/mol. The van der Waals surface area contributed by atoms with Gasteiger partial charge in [0.15, 0.2) is 0 Å². The normalized spacial score (nSPS) is 15.1. The van der Waals surface area contributed by atoms with Crippen molar-refractivity contribution in [1.82, 2.24) is 9.78 Å². The van der Waals surface area contributed by atoms with Gasteiger partial charge in [-0.25, -0.2) is 9.48 Å². The Morgan fingerprint density at radius 2 is 1.90 bits per heavy atom. The summed E-state index contributed by atoms with van der Waals surface area (Å²) in [5.74, 6) is -1.28. The number of allylic oxidation sites excluding steroid dienone is 1. The highest BCUT2D eigenvalue weighted by molar-refractivity contribution is 9.10. The lowest BCUT2D eigenvalue weighted by Crippen LogP contribution is -2.25. The van der Waals surface area contributed by atoms with E-state index in [1.54, 1.807) is 35.0 Å². The minimum absolute atomic E-state index is 0.0299. The van der Waals surface area contributed by atoms with Crippen LogP contribution in [0.15, 0.2) is 71.0 Å². The van der Waals surface area contributed by atoms with Crippen molar-refractivity contribution in [2.75, 3.05) is 10.6 Å². The van der Waals surface area contributed by atoms with Gasteiger partial charge < -0.3 is 15.7 Å². The van der Waals surface area contributed by atoms with E-state index in [4.69, 9.17) is 11.6 Å². The fraction of sp³-hybridized carbons (Fsp3) is 0.0500. The molecule has 2 heterocycles. The van der Waals surface area contributed by atoms with Gasteiger partial charge in [0.05, 0.1) is 22.9 Å². The van der Waals surface area contributed by atoms with Gasteiger partial charge in [-0.2, -0.15) is 5.10 Å². The van der Waals surface area contributed by atoms with Crippen LogP contribution in [-0.4, -0.2) is 26.8 Å². The zero-order chi connectivity index (χ0) is 20.5. The molecule has 1 amide bonds. The lowest BCUT2D eigenvalue weighted by atomic mass is 10.0. The molecule has 0 unspecified atom stereocenters. The average Bonchev–Trinajstić information content (AvgIpc) is 3.14. The van der Waals surface area contributed by atoms with Crippen LogP contribution in [0.4, 0.5) is 11.5 Å². The molecule has 0 bridgehead atoms. The number of halogens is 2. The Labute approximate surface area is 179 Å². The van der Waals surface area contributed by atoms with Gasteiger partial charge >= 0.3 is 5.97 Å². The Kier molecular flexibility index (Phi) is 5.12. The third-order valence-corrected chi connectivity index (χ3v) is 5.30. The SMILES string of the molecule is O=C(O)C1=C[C@@H](c2ccc(Br)cc2)n2ncc(C(=O)Nc3ccccc3Cl)c2N1. The van der Waals surface area contributed by atoms with Crippen LogP contribution < -0.4 is 10.6 Å². The molecule has 7 nitrogen and oxygen atoms in total. The van der Waals surface area contributed by atoms with Crippen molar-refractivity contribution in [3.05, 3.63) is 87.1 Å². The van der Waals surface area contributed by atoms with E-state index in [1.165, 1.54) is 6.20 Å². The Morgan fingerprint density at radius 1 is 1.17 bits per heavy atom. The van der Waals surface area contributed by atoms with E-state index in [0.29, 0.717) is 16.5 Å². The molecule has 1 aliphatic heterocycles. The van der Waals surface area contributed by atoms with E-state index in [9.17, 15) is 14.7 Å². The summed E-state index contributed by atoms with van der Waals surface area (Å²) in [7, 11) is 0. The molecule has 0 saturated heterocycles. The van der Waals surface area contributed by atoms with E-state index in [1.807, 2.05) is 24.3 Å². The molecule has 3 aromatic rings. The average molecular weight is 474 g/mol. The quantitative estimate of drug-likeness (QED) is 0.517. The summed E-state index contributed by atoms with van der Waals surface area (Å²) in [5.41, 5.74) is 1.46. The van der Waals surface area contributed by atoms with Gasteiger partial charge in [0.1, 0.15) is 17.1 Å². The number of aromatic nitrogens is 2. The summed E-state index contributed by atoms with van der Waals surface area (Å²) in [5, 5.41) is 19.8. The van der Waals surface area contributed by atoms with E-state index in [0.717, 1.165) is 10.0 Å². The maximum absolute atomic E-state index is 12.8. The second-order valence-electron chi connectivity index (χ2n) is 6.29. The molecule has 0 fully saturated rings. The predicted octanol–water partition coefficient (Wildman–Crippen LogP) is 4.53. The number of hydrogen-bond acceptors (Lipinski definition) is 4. The van der Waals surface area contributed by atoms with Gasteiger partial charge in [-0.1, -0.05) is 51.8 Å². The summed E-state index contributed by atoms with van der Waals surface area (Å²) >= 11 is 9.50. The van der Waals surface area contributed by atoms with Gasteiger partial charge in [-0.3, -0.25) is 4.79 Å². The maximum atomic E-state index is 12.8. The summed E-state index contributed by atoms with van der Waals surface area (Å²) in [6, 6.07) is 13.8. The summed E-state index contributed by atoms with van der Waals surface area (Å²) in [6.45, 7) is 0. The van der Waals surface area contributed by atoms with Crippen molar-refractivity contribution in [2.24, 2.45) is 0 Å². The number of fused-ring (bicyclic) bond motifs is 1. The first-order valence-electron chi connectivity index (χ1n) is 8.55. The molecular formula is C20H14BrClN4O3.